The summed E-state index contributed by atoms with van der Waals surface area (Å²) >= 11 is 10.1. The Morgan fingerprint density at radius 3 is 2.73 bits per heavy atom. The molecular weight excluding hydrogens is 230 g/mol. The standard InChI is InChI=1S/C11H16ClNOS/c1-8(2)9(7-15)6-14-11-3-10(12)4-13-5-11/h3-5,8-9,15H,6-7H2,1-2H3. The molecule has 0 aliphatic carbocycles. The van der Waals surface area contributed by atoms with Crippen molar-refractivity contribution in [2.45, 2.75) is 13.8 Å². The number of aromatic nitrogens is 1. The molecule has 0 radical (unpaired) electrons. The molecule has 0 spiro atoms. The normalized spacial score (nSPS) is 12.9. The first-order valence-electron chi connectivity index (χ1n) is 4.97. The van der Waals surface area contributed by atoms with E-state index in [1.807, 2.05) is 0 Å². The van der Waals surface area contributed by atoms with Crippen LogP contribution in [0.2, 0.25) is 5.02 Å². The molecule has 0 aliphatic rings. The minimum atomic E-state index is 0.451. The van der Waals surface area contributed by atoms with E-state index in [1.165, 1.54) is 0 Å². The molecule has 0 saturated carbocycles. The maximum absolute atomic E-state index is 5.80. The van der Waals surface area contributed by atoms with Crippen molar-refractivity contribution in [2.75, 3.05) is 12.4 Å². The predicted molar refractivity (Wildman–Crippen MR) is 66.9 cm³/mol. The van der Waals surface area contributed by atoms with Gasteiger partial charge in [0.15, 0.2) is 0 Å². The Bertz CT molecular complexity index is 306. The van der Waals surface area contributed by atoms with E-state index in [2.05, 4.69) is 31.5 Å². The number of pyridine rings is 1. The van der Waals surface area contributed by atoms with Crippen molar-refractivity contribution >= 4 is 24.2 Å². The zero-order chi connectivity index (χ0) is 11.3. The summed E-state index contributed by atoms with van der Waals surface area (Å²) in [5, 5.41) is 0.597. The number of halogens is 1. The molecule has 1 aromatic rings. The molecule has 4 heteroatoms. The third kappa shape index (κ3) is 4.31. The van der Waals surface area contributed by atoms with Crippen LogP contribution in [0.1, 0.15) is 13.8 Å². The van der Waals surface area contributed by atoms with Crippen molar-refractivity contribution < 1.29 is 4.74 Å². The van der Waals surface area contributed by atoms with Crippen molar-refractivity contribution in [3.05, 3.63) is 23.5 Å². The molecule has 2 nitrogen and oxygen atoms in total. The van der Waals surface area contributed by atoms with Crippen LogP contribution < -0.4 is 4.74 Å². The Labute approximate surface area is 101 Å². The van der Waals surface area contributed by atoms with Gasteiger partial charge in [-0.05, 0) is 11.7 Å². The minimum absolute atomic E-state index is 0.451. The van der Waals surface area contributed by atoms with Crippen molar-refractivity contribution in [3.8, 4) is 5.75 Å². The van der Waals surface area contributed by atoms with E-state index in [4.69, 9.17) is 16.3 Å². The van der Waals surface area contributed by atoms with Gasteiger partial charge in [-0.3, -0.25) is 4.98 Å². The summed E-state index contributed by atoms with van der Waals surface area (Å²) in [5.74, 6) is 2.56. The smallest absolute Gasteiger partial charge is 0.139 e. The second-order valence-electron chi connectivity index (χ2n) is 3.84. The number of nitrogens with zero attached hydrogens (tertiary/aromatic N) is 1. The summed E-state index contributed by atoms with van der Waals surface area (Å²) in [5.41, 5.74) is 0. The van der Waals surface area contributed by atoms with Gasteiger partial charge in [-0.25, -0.2) is 0 Å². The lowest BCUT2D eigenvalue weighted by Gasteiger charge is -2.18. The van der Waals surface area contributed by atoms with Crippen LogP contribution >= 0.6 is 24.2 Å². The highest BCUT2D eigenvalue weighted by molar-refractivity contribution is 7.80. The number of hydrogen-bond donors (Lipinski definition) is 1. The first-order chi connectivity index (χ1) is 7.13. The molecule has 84 valence electrons. The quantitative estimate of drug-likeness (QED) is 0.804. The monoisotopic (exact) mass is 245 g/mol. The predicted octanol–water partition coefficient (Wildman–Crippen LogP) is 3.32. The van der Waals surface area contributed by atoms with Crippen LogP contribution in [0.15, 0.2) is 18.5 Å². The average Bonchev–Trinajstić information content (AvgIpc) is 2.18. The Morgan fingerprint density at radius 2 is 2.20 bits per heavy atom. The molecule has 0 fully saturated rings. The molecule has 0 amide bonds. The molecule has 15 heavy (non-hydrogen) atoms. The lowest BCUT2D eigenvalue weighted by Crippen LogP contribution is -2.19. The van der Waals surface area contributed by atoms with Crippen molar-refractivity contribution in [2.24, 2.45) is 11.8 Å². The highest BCUT2D eigenvalue weighted by Crippen LogP contribution is 2.18. The van der Waals surface area contributed by atoms with Crippen LogP contribution in [0.3, 0.4) is 0 Å². The lowest BCUT2D eigenvalue weighted by atomic mass is 9.99. The second kappa shape index (κ2) is 6.23. The van der Waals surface area contributed by atoms with Gasteiger partial charge in [0.1, 0.15) is 5.75 Å². The highest BCUT2D eigenvalue weighted by Gasteiger charge is 2.12. The SMILES string of the molecule is CC(C)C(CS)COc1cncc(Cl)c1. The molecular formula is C11H16ClNOS. The van der Waals surface area contributed by atoms with Gasteiger partial charge in [-0.1, -0.05) is 25.4 Å². The van der Waals surface area contributed by atoms with Crippen LogP contribution in [0.4, 0.5) is 0 Å². The van der Waals surface area contributed by atoms with Crippen LogP contribution in [0.25, 0.3) is 0 Å². The largest absolute Gasteiger partial charge is 0.492 e. The fraction of sp³-hybridized carbons (Fsp3) is 0.545. The molecule has 0 aromatic carbocycles. The summed E-state index contributed by atoms with van der Waals surface area (Å²) in [6, 6.07) is 1.77. The third-order valence-electron chi connectivity index (χ3n) is 2.32. The maximum Gasteiger partial charge on any atom is 0.139 e. The Balaban J connectivity index is 2.49. The van der Waals surface area contributed by atoms with Gasteiger partial charge in [0.2, 0.25) is 0 Å². The summed E-state index contributed by atoms with van der Waals surface area (Å²) < 4.78 is 5.61. The molecule has 0 saturated heterocycles. The van der Waals surface area contributed by atoms with Crippen LogP contribution in [0.5, 0.6) is 5.75 Å². The summed E-state index contributed by atoms with van der Waals surface area (Å²) in [4.78, 5) is 3.96. The Morgan fingerprint density at radius 1 is 1.47 bits per heavy atom. The van der Waals surface area contributed by atoms with E-state index >= 15 is 0 Å². The van der Waals surface area contributed by atoms with Gasteiger partial charge in [0.25, 0.3) is 0 Å². The zero-order valence-corrected chi connectivity index (χ0v) is 10.6. The van der Waals surface area contributed by atoms with Gasteiger partial charge >= 0.3 is 0 Å². The molecule has 0 N–H and O–H groups in total. The van der Waals surface area contributed by atoms with Crippen molar-refractivity contribution in [3.63, 3.8) is 0 Å². The Kier molecular flexibility index (Phi) is 5.26. The van der Waals surface area contributed by atoms with Gasteiger partial charge in [0.05, 0.1) is 17.8 Å². The van der Waals surface area contributed by atoms with E-state index in [-0.39, 0.29) is 0 Å². The summed E-state index contributed by atoms with van der Waals surface area (Å²) in [6.45, 7) is 4.99. The molecule has 1 atom stereocenters. The van der Waals surface area contributed by atoms with Crippen LogP contribution in [-0.2, 0) is 0 Å². The van der Waals surface area contributed by atoms with Gasteiger partial charge in [-0.2, -0.15) is 12.6 Å². The molecule has 1 heterocycles. The number of rotatable bonds is 5. The fourth-order valence-electron chi connectivity index (χ4n) is 1.13. The zero-order valence-electron chi connectivity index (χ0n) is 8.98. The first-order valence-corrected chi connectivity index (χ1v) is 5.98. The number of thiol groups is 1. The summed E-state index contributed by atoms with van der Waals surface area (Å²) in [6.07, 6.45) is 3.26. The van der Waals surface area contributed by atoms with Gasteiger partial charge < -0.3 is 4.74 Å². The maximum atomic E-state index is 5.80. The summed E-state index contributed by atoms with van der Waals surface area (Å²) in [7, 11) is 0. The minimum Gasteiger partial charge on any atom is -0.492 e. The van der Waals surface area contributed by atoms with E-state index in [0.717, 1.165) is 11.5 Å². The molecule has 1 aromatic heterocycles. The van der Waals surface area contributed by atoms with Crippen molar-refractivity contribution in [1.29, 1.82) is 0 Å². The Hall–Kier alpha value is -0.410. The van der Waals surface area contributed by atoms with E-state index in [1.54, 1.807) is 18.5 Å². The van der Waals surface area contributed by atoms with Crippen LogP contribution in [-0.4, -0.2) is 17.3 Å². The van der Waals surface area contributed by atoms with Crippen molar-refractivity contribution in [1.82, 2.24) is 4.98 Å². The van der Waals surface area contributed by atoms with Gasteiger partial charge in [0, 0.05) is 18.2 Å². The molecule has 1 rings (SSSR count). The topological polar surface area (TPSA) is 22.1 Å². The second-order valence-corrected chi connectivity index (χ2v) is 4.64. The highest BCUT2D eigenvalue weighted by atomic mass is 35.5. The average molecular weight is 246 g/mol. The molecule has 0 bridgehead atoms. The van der Waals surface area contributed by atoms with E-state index in [9.17, 15) is 0 Å². The number of hydrogen-bond acceptors (Lipinski definition) is 3. The lowest BCUT2D eigenvalue weighted by molar-refractivity contribution is 0.226. The van der Waals surface area contributed by atoms with Crippen LogP contribution in [0, 0.1) is 11.8 Å². The first kappa shape index (κ1) is 12.7. The van der Waals surface area contributed by atoms with Gasteiger partial charge in [-0.15, -0.1) is 0 Å². The fourth-order valence-corrected chi connectivity index (χ4v) is 1.82. The number of ether oxygens (including phenoxy) is 1. The van der Waals surface area contributed by atoms with E-state index in [0.29, 0.717) is 23.5 Å². The molecule has 1 unspecified atom stereocenters. The molecule has 0 aliphatic heterocycles. The third-order valence-corrected chi connectivity index (χ3v) is 3.00. The van der Waals surface area contributed by atoms with E-state index < -0.39 is 0 Å².